The second-order valence-corrected chi connectivity index (χ2v) is 8.08. The summed E-state index contributed by atoms with van der Waals surface area (Å²) in [4.78, 5) is 0.218. The van der Waals surface area contributed by atoms with Gasteiger partial charge in [0.25, 0.3) is 0 Å². The summed E-state index contributed by atoms with van der Waals surface area (Å²) in [5, 5.41) is 19.5. The average Bonchev–Trinajstić information content (AvgIpc) is 3.02. The lowest BCUT2D eigenvalue weighted by Crippen LogP contribution is -2.31. The van der Waals surface area contributed by atoms with Gasteiger partial charge in [-0.15, -0.1) is 0 Å². The molecule has 1 aromatic rings. The SMILES string of the molecule is CC(O)c1cccc(S(=O)(=O)N2CC3CCC(O)C3C2)c1. The minimum Gasteiger partial charge on any atom is -0.393 e. The Labute approximate surface area is 125 Å². The van der Waals surface area contributed by atoms with Crippen molar-refractivity contribution < 1.29 is 18.6 Å². The molecule has 0 aromatic heterocycles. The largest absolute Gasteiger partial charge is 0.393 e. The number of hydrogen-bond acceptors (Lipinski definition) is 4. The van der Waals surface area contributed by atoms with E-state index in [1.54, 1.807) is 25.1 Å². The van der Waals surface area contributed by atoms with Gasteiger partial charge in [0.1, 0.15) is 0 Å². The van der Waals surface area contributed by atoms with Crippen LogP contribution in [0.2, 0.25) is 0 Å². The maximum absolute atomic E-state index is 12.7. The molecule has 1 heterocycles. The van der Waals surface area contributed by atoms with Gasteiger partial charge in [0.2, 0.25) is 10.0 Å². The van der Waals surface area contributed by atoms with Gasteiger partial charge >= 0.3 is 0 Å². The lowest BCUT2D eigenvalue weighted by molar-refractivity contribution is 0.129. The van der Waals surface area contributed by atoms with Crippen LogP contribution in [0.4, 0.5) is 0 Å². The fraction of sp³-hybridized carbons (Fsp3) is 0.600. The van der Waals surface area contributed by atoms with Gasteiger partial charge in [0.15, 0.2) is 0 Å². The van der Waals surface area contributed by atoms with Gasteiger partial charge in [-0.25, -0.2) is 8.42 Å². The summed E-state index contributed by atoms with van der Waals surface area (Å²) in [6.45, 7) is 2.50. The molecule has 116 valence electrons. The summed E-state index contributed by atoms with van der Waals surface area (Å²) in [6, 6.07) is 6.46. The van der Waals surface area contributed by atoms with E-state index in [-0.39, 0.29) is 22.8 Å². The zero-order valence-electron chi connectivity index (χ0n) is 12.0. The van der Waals surface area contributed by atoms with Crippen LogP contribution in [0.5, 0.6) is 0 Å². The molecule has 5 nitrogen and oxygen atoms in total. The molecule has 6 heteroatoms. The molecule has 21 heavy (non-hydrogen) atoms. The molecule has 1 saturated heterocycles. The third kappa shape index (κ3) is 2.61. The number of fused-ring (bicyclic) bond motifs is 1. The Bertz CT molecular complexity index is 628. The Morgan fingerprint density at radius 3 is 2.71 bits per heavy atom. The van der Waals surface area contributed by atoms with E-state index in [9.17, 15) is 18.6 Å². The third-order valence-electron chi connectivity index (χ3n) is 4.76. The molecule has 2 aliphatic rings. The molecule has 0 spiro atoms. The zero-order chi connectivity index (χ0) is 15.2. The van der Waals surface area contributed by atoms with Crippen LogP contribution in [-0.2, 0) is 10.0 Å². The van der Waals surface area contributed by atoms with Gasteiger partial charge in [-0.05, 0) is 43.4 Å². The van der Waals surface area contributed by atoms with Crippen molar-refractivity contribution >= 4 is 10.0 Å². The third-order valence-corrected chi connectivity index (χ3v) is 6.59. The predicted octanol–water partition coefficient (Wildman–Crippen LogP) is 1.13. The molecule has 2 fully saturated rings. The van der Waals surface area contributed by atoms with Crippen LogP contribution in [0, 0.1) is 11.8 Å². The summed E-state index contributed by atoms with van der Waals surface area (Å²) < 4.78 is 26.9. The molecule has 4 atom stereocenters. The normalized spacial score (nSPS) is 31.3. The van der Waals surface area contributed by atoms with Crippen LogP contribution in [-0.4, -0.2) is 42.1 Å². The summed E-state index contributed by atoms with van der Waals surface area (Å²) in [7, 11) is -3.55. The monoisotopic (exact) mass is 311 g/mol. The minimum atomic E-state index is -3.55. The average molecular weight is 311 g/mol. The molecule has 4 unspecified atom stereocenters. The first-order valence-corrected chi connectivity index (χ1v) is 8.80. The molecule has 3 rings (SSSR count). The second-order valence-electron chi connectivity index (χ2n) is 6.14. The first-order chi connectivity index (χ1) is 9.89. The molecule has 1 aliphatic heterocycles. The predicted molar refractivity (Wildman–Crippen MR) is 78.1 cm³/mol. The highest BCUT2D eigenvalue weighted by Crippen LogP contribution is 2.40. The van der Waals surface area contributed by atoms with Crippen LogP contribution in [0.1, 0.15) is 31.4 Å². The number of hydrogen-bond donors (Lipinski definition) is 2. The maximum atomic E-state index is 12.7. The van der Waals surface area contributed by atoms with Gasteiger partial charge < -0.3 is 10.2 Å². The second kappa shape index (κ2) is 5.35. The smallest absolute Gasteiger partial charge is 0.243 e. The Balaban J connectivity index is 1.86. The van der Waals surface area contributed by atoms with Crippen LogP contribution < -0.4 is 0 Å². The van der Waals surface area contributed by atoms with E-state index in [0.29, 0.717) is 18.7 Å². The standard InChI is InChI=1S/C15H21NO4S/c1-10(17)11-3-2-4-13(7-11)21(19,20)16-8-12-5-6-15(18)14(12)9-16/h2-4,7,10,12,14-15,17-18H,5-6,8-9H2,1H3. The van der Waals surface area contributed by atoms with Crippen molar-refractivity contribution in [2.75, 3.05) is 13.1 Å². The van der Waals surface area contributed by atoms with E-state index >= 15 is 0 Å². The molecular formula is C15H21NO4S. The first kappa shape index (κ1) is 15.0. The quantitative estimate of drug-likeness (QED) is 0.877. The number of nitrogens with zero attached hydrogens (tertiary/aromatic N) is 1. The Kier molecular flexibility index (Phi) is 3.81. The van der Waals surface area contributed by atoms with Gasteiger partial charge in [-0.2, -0.15) is 4.31 Å². The fourth-order valence-electron chi connectivity index (χ4n) is 3.48. The van der Waals surface area contributed by atoms with Crippen molar-refractivity contribution in [3.05, 3.63) is 29.8 Å². The molecule has 2 N–H and O–H groups in total. The van der Waals surface area contributed by atoms with Crippen molar-refractivity contribution in [3.8, 4) is 0 Å². The Hall–Kier alpha value is -0.950. The highest BCUT2D eigenvalue weighted by molar-refractivity contribution is 7.89. The summed E-state index contributed by atoms with van der Waals surface area (Å²) >= 11 is 0. The van der Waals surface area contributed by atoms with Crippen molar-refractivity contribution in [2.45, 2.75) is 36.9 Å². The first-order valence-electron chi connectivity index (χ1n) is 7.36. The Morgan fingerprint density at radius 1 is 1.29 bits per heavy atom. The number of rotatable bonds is 3. The van der Waals surface area contributed by atoms with E-state index in [1.807, 2.05) is 0 Å². The van der Waals surface area contributed by atoms with Gasteiger partial charge in [-0.3, -0.25) is 0 Å². The van der Waals surface area contributed by atoms with Gasteiger partial charge in [-0.1, -0.05) is 12.1 Å². The van der Waals surface area contributed by atoms with Crippen LogP contribution in [0.15, 0.2) is 29.2 Å². The summed E-state index contributed by atoms with van der Waals surface area (Å²) in [6.07, 6.45) is 0.602. The topological polar surface area (TPSA) is 77.8 Å². The molecule has 0 amide bonds. The number of benzene rings is 1. The molecule has 0 radical (unpaired) electrons. The van der Waals surface area contributed by atoms with Crippen molar-refractivity contribution in [3.63, 3.8) is 0 Å². The van der Waals surface area contributed by atoms with Gasteiger partial charge in [0, 0.05) is 19.0 Å². The zero-order valence-corrected chi connectivity index (χ0v) is 12.8. The molecule has 1 saturated carbocycles. The van der Waals surface area contributed by atoms with E-state index in [2.05, 4.69) is 0 Å². The van der Waals surface area contributed by atoms with E-state index in [4.69, 9.17) is 0 Å². The summed E-state index contributed by atoms with van der Waals surface area (Å²) in [5.74, 6) is 0.342. The highest BCUT2D eigenvalue weighted by atomic mass is 32.2. The van der Waals surface area contributed by atoms with Crippen molar-refractivity contribution in [1.29, 1.82) is 0 Å². The molecule has 1 aromatic carbocycles. The maximum Gasteiger partial charge on any atom is 0.243 e. The van der Waals surface area contributed by atoms with Crippen LogP contribution in [0.25, 0.3) is 0 Å². The van der Waals surface area contributed by atoms with E-state index in [0.717, 1.165) is 12.8 Å². The fourth-order valence-corrected chi connectivity index (χ4v) is 5.07. The molecule has 1 aliphatic carbocycles. The molecule has 0 bridgehead atoms. The van der Waals surface area contributed by atoms with E-state index in [1.165, 1.54) is 10.4 Å². The lowest BCUT2D eigenvalue weighted by Gasteiger charge is -2.19. The van der Waals surface area contributed by atoms with Crippen molar-refractivity contribution in [2.24, 2.45) is 11.8 Å². The number of sulfonamides is 1. The number of aliphatic hydroxyl groups excluding tert-OH is 2. The lowest BCUT2D eigenvalue weighted by atomic mass is 10.00. The van der Waals surface area contributed by atoms with Crippen LogP contribution in [0.3, 0.4) is 0 Å². The minimum absolute atomic E-state index is 0.0692. The van der Waals surface area contributed by atoms with Crippen LogP contribution >= 0.6 is 0 Å². The molecular weight excluding hydrogens is 290 g/mol. The Morgan fingerprint density at radius 2 is 2.05 bits per heavy atom. The van der Waals surface area contributed by atoms with Gasteiger partial charge in [0.05, 0.1) is 17.1 Å². The van der Waals surface area contributed by atoms with Crippen molar-refractivity contribution in [1.82, 2.24) is 4.31 Å². The number of aliphatic hydroxyl groups is 2. The highest BCUT2D eigenvalue weighted by Gasteiger charge is 2.45. The summed E-state index contributed by atoms with van der Waals surface area (Å²) in [5.41, 5.74) is 0.593. The van der Waals surface area contributed by atoms with E-state index < -0.39 is 16.1 Å².